The highest BCUT2D eigenvalue weighted by Gasteiger charge is 2.09. The van der Waals surface area contributed by atoms with E-state index in [-0.39, 0.29) is 0 Å². The SMILES string of the molecule is CCNC(CCSC)Cc1ccc(CC)s1. The lowest BCUT2D eigenvalue weighted by Gasteiger charge is -2.16. The summed E-state index contributed by atoms with van der Waals surface area (Å²) in [6.45, 7) is 5.49. The van der Waals surface area contributed by atoms with E-state index in [1.54, 1.807) is 0 Å². The first kappa shape index (κ1) is 14.1. The van der Waals surface area contributed by atoms with Gasteiger partial charge in [-0.15, -0.1) is 11.3 Å². The Labute approximate surface area is 108 Å². The molecule has 1 N–H and O–H groups in total. The normalized spacial score (nSPS) is 12.9. The van der Waals surface area contributed by atoms with Crippen molar-refractivity contribution in [3.8, 4) is 0 Å². The van der Waals surface area contributed by atoms with Gasteiger partial charge in [-0.1, -0.05) is 13.8 Å². The summed E-state index contributed by atoms with van der Waals surface area (Å²) in [7, 11) is 0. The fourth-order valence-electron chi connectivity index (χ4n) is 1.79. The van der Waals surface area contributed by atoms with Gasteiger partial charge in [-0.2, -0.15) is 11.8 Å². The molecule has 1 heterocycles. The summed E-state index contributed by atoms with van der Waals surface area (Å²) in [4.78, 5) is 3.04. The Morgan fingerprint density at radius 2 is 2.06 bits per heavy atom. The Morgan fingerprint density at radius 3 is 2.62 bits per heavy atom. The first-order valence-electron chi connectivity index (χ1n) is 6.10. The van der Waals surface area contributed by atoms with Crippen LogP contribution >= 0.6 is 23.1 Å². The number of hydrogen-bond acceptors (Lipinski definition) is 3. The molecule has 0 saturated carbocycles. The highest BCUT2D eigenvalue weighted by Crippen LogP contribution is 2.19. The van der Waals surface area contributed by atoms with Crippen LogP contribution in [0.2, 0.25) is 0 Å². The third-order valence-electron chi connectivity index (χ3n) is 2.68. The van der Waals surface area contributed by atoms with E-state index in [0.717, 1.165) is 6.54 Å². The lowest BCUT2D eigenvalue weighted by Crippen LogP contribution is -2.31. The van der Waals surface area contributed by atoms with Gasteiger partial charge in [0, 0.05) is 15.8 Å². The quantitative estimate of drug-likeness (QED) is 0.764. The highest BCUT2D eigenvalue weighted by molar-refractivity contribution is 7.98. The predicted octanol–water partition coefficient (Wildman–Crippen LogP) is 3.58. The minimum atomic E-state index is 0.654. The Bertz CT molecular complexity index is 283. The molecule has 0 radical (unpaired) electrons. The summed E-state index contributed by atoms with van der Waals surface area (Å²) in [5.41, 5.74) is 0. The van der Waals surface area contributed by atoms with Gasteiger partial charge >= 0.3 is 0 Å². The summed E-state index contributed by atoms with van der Waals surface area (Å²) in [5.74, 6) is 1.25. The standard InChI is InChI=1S/C13H23NS2/c1-4-12-6-7-13(16-12)10-11(14-5-2)8-9-15-3/h6-7,11,14H,4-5,8-10H2,1-3H3. The minimum absolute atomic E-state index is 0.654. The van der Waals surface area contributed by atoms with E-state index in [1.807, 2.05) is 23.1 Å². The molecule has 0 fully saturated rings. The van der Waals surface area contributed by atoms with Gasteiger partial charge in [0.15, 0.2) is 0 Å². The minimum Gasteiger partial charge on any atom is -0.314 e. The maximum atomic E-state index is 3.59. The van der Waals surface area contributed by atoms with E-state index >= 15 is 0 Å². The highest BCUT2D eigenvalue weighted by atomic mass is 32.2. The molecular weight excluding hydrogens is 234 g/mol. The molecule has 0 bridgehead atoms. The van der Waals surface area contributed by atoms with Crippen molar-refractivity contribution in [3.05, 3.63) is 21.9 Å². The average molecular weight is 257 g/mol. The zero-order chi connectivity index (χ0) is 11.8. The van der Waals surface area contributed by atoms with Crippen LogP contribution in [0.1, 0.15) is 30.0 Å². The second-order valence-corrected chi connectivity index (χ2v) is 6.20. The van der Waals surface area contributed by atoms with Crippen LogP contribution in [0.4, 0.5) is 0 Å². The first-order chi connectivity index (χ1) is 7.80. The number of hydrogen-bond donors (Lipinski definition) is 1. The van der Waals surface area contributed by atoms with Crippen molar-refractivity contribution in [3.63, 3.8) is 0 Å². The van der Waals surface area contributed by atoms with E-state index in [2.05, 4.69) is 37.6 Å². The summed E-state index contributed by atoms with van der Waals surface area (Å²) < 4.78 is 0. The van der Waals surface area contributed by atoms with Crippen molar-refractivity contribution < 1.29 is 0 Å². The van der Waals surface area contributed by atoms with Gasteiger partial charge in [-0.3, -0.25) is 0 Å². The Hall–Kier alpha value is 0.01000. The molecule has 1 atom stereocenters. The molecule has 0 aliphatic rings. The molecule has 1 nitrogen and oxygen atoms in total. The third-order valence-corrected chi connectivity index (χ3v) is 4.57. The molecule has 3 heteroatoms. The largest absolute Gasteiger partial charge is 0.314 e. The van der Waals surface area contributed by atoms with Crippen LogP contribution < -0.4 is 5.32 Å². The van der Waals surface area contributed by atoms with E-state index in [1.165, 1.54) is 34.8 Å². The van der Waals surface area contributed by atoms with Crippen LogP contribution in [-0.2, 0) is 12.8 Å². The molecular formula is C13H23NS2. The zero-order valence-electron chi connectivity index (χ0n) is 10.6. The zero-order valence-corrected chi connectivity index (χ0v) is 12.2. The molecule has 0 amide bonds. The maximum Gasteiger partial charge on any atom is 0.0123 e. The van der Waals surface area contributed by atoms with Gasteiger partial charge in [0.05, 0.1) is 0 Å². The Kier molecular flexibility index (Phi) is 7.17. The topological polar surface area (TPSA) is 12.0 Å². The molecule has 0 spiro atoms. The summed E-state index contributed by atoms with van der Waals surface area (Å²) in [6, 6.07) is 5.23. The van der Waals surface area contributed by atoms with Crippen molar-refractivity contribution in [2.24, 2.45) is 0 Å². The van der Waals surface area contributed by atoms with E-state index in [9.17, 15) is 0 Å². The second-order valence-electron chi connectivity index (χ2n) is 3.96. The number of nitrogens with one attached hydrogen (secondary N) is 1. The van der Waals surface area contributed by atoms with Crippen LogP contribution in [0.15, 0.2) is 12.1 Å². The van der Waals surface area contributed by atoms with E-state index in [0.29, 0.717) is 6.04 Å². The van der Waals surface area contributed by atoms with Crippen LogP contribution in [0.25, 0.3) is 0 Å². The number of aryl methyl sites for hydroxylation is 1. The van der Waals surface area contributed by atoms with Crippen molar-refractivity contribution in [2.75, 3.05) is 18.6 Å². The molecule has 0 aromatic carbocycles. The fourth-order valence-corrected chi connectivity index (χ4v) is 3.35. The molecule has 0 aliphatic heterocycles. The predicted molar refractivity (Wildman–Crippen MR) is 77.9 cm³/mol. The molecule has 1 unspecified atom stereocenters. The van der Waals surface area contributed by atoms with Gasteiger partial charge in [0.2, 0.25) is 0 Å². The second kappa shape index (κ2) is 8.15. The smallest absolute Gasteiger partial charge is 0.0123 e. The van der Waals surface area contributed by atoms with Crippen molar-refractivity contribution in [1.82, 2.24) is 5.32 Å². The molecule has 0 aliphatic carbocycles. The van der Waals surface area contributed by atoms with Crippen LogP contribution in [0.3, 0.4) is 0 Å². The Morgan fingerprint density at radius 1 is 1.31 bits per heavy atom. The van der Waals surface area contributed by atoms with Crippen molar-refractivity contribution >= 4 is 23.1 Å². The third kappa shape index (κ3) is 4.89. The van der Waals surface area contributed by atoms with Gasteiger partial charge in [-0.25, -0.2) is 0 Å². The number of thiophene rings is 1. The molecule has 92 valence electrons. The van der Waals surface area contributed by atoms with Crippen LogP contribution in [-0.4, -0.2) is 24.6 Å². The number of rotatable bonds is 8. The molecule has 1 aromatic heterocycles. The van der Waals surface area contributed by atoms with Gasteiger partial charge in [0.1, 0.15) is 0 Å². The lowest BCUT2D eigenvalue weighted by atomic mass is 10.1. The van der Waals surface area contributed by atoms with E-state index < -0.39 is 0 Å². The molecule has 1 rings (SSSR count). The first-order valence-corrected chi connectivity index (χ1v) is 8.31. The molecule has 1 aromatic rings. The number of likely N-dealkylation sites (N-methyl/N-ethyl adjacent to an activating group) is 1. The number of thioether (sulfide) groups is 1. The molecule has 0 saturated heterocycles. The fraction of sp³-hybridized carbons (Fsp3) is 0.692. The van der Waals surface area contributed by atoms with Crippen molar-refractivity contribution in [1.29, 1.82) is 0 Å². The van der Waals surface area contributed by atoms with Gasteiger partial charge < -0.3 is 5.32 Å². The monoisotopic (exact) mass is 257 g/mol. The van der Waals surface area contributed by atoms with Crippen LogP contribution in [0, 0.1) is 0 Å². The van der Waals surface area contributed by atoms with Crippen molar-refractivity contribution in [2.45, 2.75) is 39.2 Å². The average Bonchev–Trinajstić information content (AvgIpc) is 2.74. The molecule has 16 heavy (non-hydrogen) atoms. The maximum absolute atomic E-state index is 3.59. The summed E-state index contributed by atoms with van der Waals surface area (Å²) >= 11 is 3.91. The summed E-state index contributed by atoms with van der Waals surface area (Å²) in [5, 5.41) is 3.59. The Balaban J connectivity index is 2.46. The van der Waals surface area contributed by atoms with Gasteiger partial charge in [-0.05, 0) is 49.9 Å². The lowest BCUT2D eigenvalue weighted by molar-refractivity contribution is 0.516. The van der Waals surface area contributed by atoms with E-state index in [4.69, 9.17) is 0 Å². The summed E-state index contributed by atoms with van der Waals surface area (Å²) in [6.07, 6.45) is 5.82. The van der Waals surface area contributed by atoms with Gasteiger partial charge in [0.25, 0.3) is 0 Å². The van der Waals surface area contributed by atoms with Crippen LogP contribution in [0.5, 0.6) is 0 Å².